The van der Waals surface area contributed by atoms with Crippen molar-refractivity contribution in [2.75, 3.05) is 13.4 Å². The maximum atomic E-state index is 12.9. The van der Waals surface area contributed by atoms with Crippen LogP contribution in [0.2, 0.25) is 5.02 Å². The number of aryl methyl sites for hydroxylation is 1. The van der Waals surface area contributed by atoms with Gasteiger partial charge < -0.3 is 14.2 Å². The minimum Gasteiger partial charge on any atom is -0.492 e. The van der Waals surface area contributed by atoms with Gasteiger partial charge in [0.05, 0.1) is 17.2 Å². The van der Waals surface area contributed by atoms with E-state index in [9.17, 15) is 4.79 Å². The number of fused-ring (bicyclic) bond motifs is 2. The Balaban J connectivity index is 1.75. The Morgan fingerprint density at radius 3 is 2.88 bits per heavy atom. The van der Waals surface area contributed by atoms with Crippen molar-refractivity contribution in [3.63, 3.8) is 0 Å². The van der Waals surface area contributed by atoms with Gasteiger partial charge in [-0.15, -0.1) is 0 Å². The lowest BCUT2D eigenvalue weighted by atomic mass is 9.97. The van der Waals surface area contributed by atoms with Crippen molar-refractivity contribution < 1.29 is 19.0 Å². The molecule has 4 nitrogen and oxygen atoms in total. The average molecular weight is 343 g/mol. The maximum absolute atomic E-state index is 12.9. The summed E-state index contributed by atoms with van der Waals surface area (Å²) < 4.78 is 16.5. The van der Waals surface area contributed by atoms with Crippen LogP contribution in [0.3, 0.4) is 0 Å². The highest BCUT2D eigenvalue weighted by atomic mass is 35.5. The Hall–Kier alpha value is -2.46. The number of carbonyl (C=O) groups is 1. The van der Waals surface area contributed by atoms with Crippen LogP contribution in [0.5, 0.6) is 17.2 Å². The summed E-state index contributed by atoms with van der Waals surface area (Å²) in [6, 6.07) is 9.22. The van der Waals surface area contributed by atoms with Crippen LogP contribution in [-0.2, 0) is 0 Å². The Morgan fingerprint density at radius 2 is 2.00 bits per heavy atom. The van der Waals surface area contributed by atoms with Crippen LogP contribution in [-0.4, -0.2) is 19.2 Å². The predicted octanol–water partition coefficient (Wildman–Crippen LogP) is 4.43. The molecule has 0 fully saturated rings. The van der Waals surface area contributed by atoms with Crippen LogP contribution < -0.4 is 14.2 Å². The highest BCUT2D eigenvalue weighted by Crippen LogP contribution is 2.40. The zero-order valence-electron chi connectivity index (χ0n) is 13.1. The first kappa shape index (κ1) is 15.1. The van der Waals surface area contributed by atoms with E-state index in [0.717, 1.165) is 11.1 Å². The van der Waals surface area contributed by atoms with E-state index < -0.39 is 0 Å². The molecule has 5 heteroatoms. The molecule has 0 radical (unpaired) electrons. The number of carbonyl (C=O) groups excluding carboxylic acids is 1. The van der Waals surface area contributed by atoms with Gasteiger partial charge in [0.2, 0.25) is 6.79 Å². The number of rotatable bonds is 1. The van der Waals surface area contributed by atoms with E-state index in [-0.39, 0.29) is 12.6 Å². The number of ketones is 1. The molecule has 0 amide bonds. The summed E-state index contributed by atoms with van der Waals surface area (Å²) >= 11 is 6.22. The van der Waals surface area contributed by atoms with E-state index in [4.69, 9.17) is 25.8 Å². The summed E-state index contributed by atoms with van der Waals surface area (Å²) in [6.45, 7) is 2.57. The second-order valence-electron chi connectivity index (χ2n) is 5.79. The second kappa shape index (κ2) is 5.87. The molecule has 0 bridgehead atoms. The van der Waals surface area contributed by atoms with Crippen molar-refractivity contribution >= 4 is 23.5 Å². The topological polar surface area (TPSA) is 44.8 Å². The van der Waals surface area contributed by atoms with Crippen LogP contribution in [0.4, 0.5) is 0 Å². The van der Waals surface area contributed by atoms with E-state index in [0.29, 0.717) is 46.4 Å². The smallest absolute Gasteiger partial charge is 0.231 e. The minimum atomic E-state index is -0.0139. The Labute approximate surface area is 144 Å². The van der Waals surface area contributed by atoms with Gasteiger partial charge in [-0.3, -0.25) is 4.79 Å². The van der Waals surface area contributed by atoms with Crippen molar-refractivity contribution in [2.24, 2.45) is 0 Å². The Morgan fingerprint density at radius 1 is 1.12 bits per heavy atom. The summed E-state index contributed by atoms with van der Waals surface area (Å²) in [5.41, 5.74) is 3.07. The molecular formula is C19H15ClO4. The fourth-order valence-corrected chi connectivity index (χ4v) is 3.26. The van der Waals surface area contributed by atoms with Gasteiger partial charge in [-0.2, -0.15) is 0 Å². The molecule has 2 heterocycles. The first-order valence-corrected chi connectivity index (χ1v) is 8.08. The van der Waals surface area contributed by atoms with Gasteiger partial charge in [0.25, 0.3) is 0 Å². The molecule has 2 aliphatic heterocycles. The molecule has 0 aliphatic carbocycles. The van der Waals surface area contributed by atoms with Gasteiger partial charge in [0.15, 0.2) is 17.3 Å². The third-order valence-electron chi connectivity index (χ3n) is 4.16. The first-order chi connectivity index (χ1) is 11.6. The Kier molecular flexibility index (Phi) is 3.69. The normalized spacial score (nSPS) is 17.4. The van der Waals surface area contributed by atoms with E-state index >= 15 is 0 Å². The summed E-state index contributed by atoms with van der Waals surface area (Å²) in [5, 5.41) is 0.477. The van der Waals surface area contributed by atoms with Gasteiger partial charge in [0, 0.05) is 12.0 Å². The summed E-state index contributed by atoms with van der Waals surface area (Å²) in [6.07, 6.45) is 2.38. The molecule has 0 saturated heterocycles. The number of halogens is 1. The van der Waals surface area contributed by atoms with Crippen molar-refractivity contribution in [3.8, 4) is 17.2 Å². The zero-order valence-corrected chi connectivity index (χ0v) is 13.9. The van der Waals surface area contributed by atoms with E-state index in [1.54, 1.807) is 12.1 Å². The highest BCUT2D eigenvalue weighted by Gasteiger charge is 2.23. The van der Waals surface area contributed by atoms with E-state index in [1.165, 1.54) is 0 Å². The molecule has 0 aromatic heterocycles. The van der Waals surface area contributed by atoms with Gasteiger partial charge >= 0.3 is 0 Å². The third-order valence-corrected chi connectivity index (χ3v) is 4.44. The van der Waals surface area contributed by atoms with Gasteiger partial charge in [0.1, 0.15) is 5.75 Å². The molecule has 0 N–H and O–H groups in total. The standard InChI is InChI=1S/C19H15ClO4/c1-11-3-2-4-14-17(21)13(5-6-22-18(11)14)7-12-8-15(20)19-16(9-12)23-10-24-19/h2-4,7-9H,5-6,10H2,1H3/b13-7+. The van der Waals surface area contributed by atoms with E-state index in [1.807, 2.05) is 31.2 Å². The Bertz CT molecular complexity index is 870. The van der Waals surface area contributed by atoms with Crippen molar-refractivity contribution in [2.45, 2.75) is 13.3 Å². The van der Waals surface area contributed by atoms with Crippen molar-refractivity contribution in [1.29, 1.82) is 0 Å². The van der Waals surface area contributed by atoms with E-state index in [2.05, 4.69) is 0 Å². The van der Waals surface area contributed by atoms with Crippen LogP contribution in [0, 0.1) is 6.92 Å². The fraction of sp³-hybridized carbons (Fsp3) is 0.211. The third kappa shape index (κ3) is 2.53. The SMILES string of the molecule is Cc1cccc2c1OCC/C(=C\c1cc(Cl)c3c(c1)OCO3)C2=O. The number of hydrogen-bond acceptors (Lipinski definition) is 4. The zero-order chi connectivity index (χ0) is 16.7. The quantitative estimate of drug-likeness (QED) is 0.719. The molecule has 0 unspecified atom stereocenters. The molecule has 2 aliphatic rings. The molecule has 0 spiro atoms. The lowest BCUT2D eigenvalue weighted by molar-refractivity contribution is 0.103. The first-order valence-electron chi connectivity index (χ1n) is 7.70. The highest BCUT2D eigenvalue weighted by molar-refractivity contribution is 6.32. The molecular weight excluding hydrogens is 328 g/mol. The number of benzene rings is 2. The maximum Gasteiger partial charge on any atom is 0.231 e. The molecule has 24 heavy (non-hydrogen) atoms. The van der Waals surface area contributed by atoms with Crippen LogP contribution in [0.15, 0.2) is 35.9 Å². The largest absolute Gasteiger partial charge is 0.492 e. The number of hydrogen-bond donors (Lipinski definition) is 0. The van der Waals surface area contributed by atoms with Gasteiger partial charge in [-0.05, 0) is 42.3 Å². The van der Waals surface area contributed by atoms with Gasteiger partial charge in [-0.1, -0.05) is 23.7 Å². The molecule has 2 aromatic rings. The second-order valence-corrected chi connectivity index (χ2v) is 6.19. The molecule has 0 atom stereocenters. The lowest BCUT2D eigenvalue weighted by Crippen LogP contribution is -2.02. The van der Waals surface area contributed by atoms with Crippen molar-refractivity contribution in [3.05, 3.63) is 57.6 Å². The summed E-state index contributed by atoms with van der Waals surface area (Å²) in [7, 11) is 0. The number of para-hydroxylation sites is 1. The fourth-order valence-electron chi connectivity index (χ4n) is 2.98. The van der Waals surface area contributed by atoms with Gasteiger partial charge in [-0.25, -0.2) is 0 Å². The minimum absolute atomic E-state index is 0.0139. The molecule has 0 saturated carbocycles. The van der Waals surface area contributed by atoms with Crippen molar-refractivity contribution in [1.82, 2.24) is 0 Å². The average Bonchev–Trinajstić information content (AvgIpc) is 2.97. The summed E-state index contributed by atoms with van der Waals surface area (Å²) in [5.74, 6) is 1.81. The summed E-state index contributed by atoms with van der Waals surface area (Å²) in [4.78, 5) is 12.9. The lowest BCUT2D eigenvalue weighted by Gasteiger charge is -2.08. The van der Waals surface area contributed by atoms with Crippen LogP contribution >= 0.6 is 11.6 Å². The molecule has 2 aromatic carbocycles. The molecule has 122 valence electrons. The molecule has 4 rings (SSSR count). The van der Waals surface area contributed by atoms with Crippen LogP contribution in [0.25, 0.3) is 6.08 Å². The monoisotopic (exact) mass is 342 g/mol. The number of Topliss-reactive ketones (excluding diaryl/α,β-unsaturated/α-hetero) is 1. The predicted molar refractivity (Wildman–Crippen MR) is 91.2 cm³/mol. The number of ether oxygens (including phenoxy) is 3. The van der Waals surface area contributed by atoms with Crippen LogP contribution in [0.1, 0.15) is 27.9 Å².